The number of nitrogens with one attached hydrogen (secondary N) is 1. The van der Waals surface area contributed by atoms with Gasteiger partial charge in [0, 0.05) is 12.1 Å². The number of anilines is 1. The minimum absolute atomic E-state index is 0.0181. The molecule has 0 radical (unpaired) electrons. The summed E-state index contributed by atoms with van der Waals surface area (Å²) in [6.45, 7) is 2.06. The first kappa shape index (κ1) is 13.9. The number of pyridine rings is 1. The monoisotopic (exact) mass is 300 g/mol. The number of aryl methyl sites for hydroxylation is 1. The summed E-state index contributed by atoms with van der Waals surface area (Å²) >= 11 is 11.7. The SMILES string of the molecule is Cc1cc(Cl)nc(Cl)c1NCc1cc(F)ccc1O. The highest BCUT2D eigenvalue weighted by Gasteiger charge is 2.09. The molecular weight excluding hydrogens is 290 g/mol. The summed E-state index contributed by atoms with van der Waals surface area (Å²) in [6, 6.07) is 5.43. The molecule has 0 saturated heterocycles. The molecular formula is C13H11Cl2FN2O. The molecule has 6 heteroatoms. The molecule has 0 unspecified atom stereocenters. The zero-order chi connectivity index (χ0) is 14.0. The van der Waals surface area contributed by atoms with Gasteiger partial charge in [0.1, 0.15) is 16.7 Å². The Morgan fingerprint density at radius 3 is 2.74 bits per heavy atom. The van der Waals surface area contributed by atoms with Gasteiger partial charge in [-0.1, -0.05) is 23.2 Å². The molecule has 1 heterocycles. The van der Waals surface area contributed by atoms with Crippen molar-refractivity contribution in [3.05, 3.63) is 51.5 Å². The lowest BCUT2D eigenvalue weighted by Crippen LogP contribution is -2.03. The smallest absolute Gasteiger partial charge is 0.154 e. The number of hydrogen-bond acceptors (Lipinski definition) is 3. The summed E-state index contributed by atoms with van der Waals surface area (Å²) in [5.41, 5.74) is 1.86. The summed E-state index contributed by atoms with van der Waals surface area (Å²) in [6.07, 6.45) is 0. The number of halogens is 3. The summed E-state index contributed by atoms with van der Waals surface area (Å²) in [4.78, 5) is 3.92. The second kappa shape index (κ2) is 5.63. The third-order valence-electron chi connectivity index (χ3n) is 2.64. The lowest BCUT2D eigenvalue weighted by Gasteiger charge is -2.12. The van der Waals surface area contributed by atoms with E-state index in [2.05, 4.69) is 10.3 Å². The van der Waals surface area contributed by atoms with Gasteiger partial charge in [-0.25, -0.2) is 9.37 Å². The van der Waals surface area contributed by atoms with Gasteiger partial charge in [0.25, 0.3) is 0 Å². The Morgan fingerprint density at radius 1 is 1.32 bits per heavy atom. The van der Waals surface area contributed by atoms with E-state index in [4.69, 9.17) is 23.2 Å². The molecule has 1 aromatic carbocycles. The van der Waals surface area contributed by atoms with E-state index in [1.807, 2.05) is 6.92 Å². The Bertz CT molecular complexity index is 597. The molecule has 0 fully saturated rings. The molecule has 0 aliphatic heterocycles. The maximum absolute atomic E-state index is 13.1. The zero-order valence-electron chi connectivity index (χ0n) is 10.0. The maximum Gasteiger partial charge on any atom is 0.154 e. The number of nitrogens with zero attached hydrogens (tertiary/aromatic N) is 1. The number of aromatic hydroxyl groups is 1. The van der Waals surface area contributed by atoms with Gasteiger partial charge in [0.15, 0.2) is 5.15 Å². The Morgan fingerprint density at radius 2 is 2.05 bits per heavy atom. The van der Waals surface area contributed by atoms with E-state index in [1.54, 1.807) is 6.07 Å². The van der Waals surface area contributed by atoms with Crippen molar-refractivity contribution in [2.24, 2.45) is 0 Å². The average molecular weight is 301 g/mol. The Hall–Kier alpha value is -1.52. The van der Waals surface area contributed by atoms with Gasteiger partial charge in [0.2, 0.25) is 0 Å². The van der Waals surface area contributed by atoms with Crippen LogP contribution in [0, 0.1) is 12.7 Å². The van der Waals surface area contributed by atoms with Crippen LogP contribution in [-0.2, 0) is 6.54 Å². The van der Waals surface area contributed by atoms with Crippen LogP contribution in [0.4, 0.5) is 10.1 Å². The molecule has 3 nitrogen and oxygen atoms in total. The highest BCUT2D eigenvalue weighted by molar-refractivity contribution is 6.34. The standard InChI is InChI=1S/C13H11Cl2FN2O/c1-7-4-11(14)18-13(15)12(7)17-6-8-5-9(16)2-3-10(8)19/h2-5,17,19H,6H2,1H3. The Kier molecular flexibility index (Phi) is 4.12. The predicted octanol–water partition coefficient (Wildman–Crippen LogP) is 4.15. The number of phenolic OH excluding ortho intramolecular Hbond substituents is 1. The van der Waals surface area contributed by atoms with Crippen molar-refractivity contribution in [1.82, 2.24) is 4.98 Å². The molecule has 2 rings (SSSR count). The fourth-order valence-electron chi connectivity index (χ4n) is 1.69. The topological polar surface area (TPSA) is 45.2 Å². The van der Waals surface area contributed by atoms with E-state index in [-0.39, 0.29) is 17.4 Å². The summed E-state index contributed by atoms with van der Waals surface area (Å²) in [5, 5.41) is 13.2. The average Bonchev–Trinajstić information content (AvgIpc) is 2.32. The highest BCUT2D eigenvalue weighted by atomic mass is 35.5. The summed E-state index contributed by atoms with van der Waals surface area (Å²) in [7, 11) is 0. The van der Waals surface area contributed by atoms with Gasteiger partial charge >= 0.3 is 0 Å². The van der Waals surface area contributed by atoms with Crippen LogP contribution in [-0.4, -0.2) is 10.1 Å². The fourth-order valence-corrected chi connectivity index (χ4v) is 2.29. The van der Waals surface area contributed by atoms with Crippen LogP contribution in [0.2, 0.25) is 10.3 Å². The Balaban J connectivity index is 2.21. The number of hydrogen-bond donors (Lipinski definition) is 2. The van der Waals surface area contributed by atoms with E-state index < -0.39 is 5.82 Å². The third-order valence-corrected chi connectivity index (χ3v) is 3.11. The number of aromatic nitrogens is 1. The van der Waals surface area contributed by atoms with Crippen LogP contribution in [0.3, 0.4) is 0 Å². The maximum atomic E-state index is 13.1. The molecule has 100 valence electrons. The van der Waals surface area contributed by atoms with Gasteiger partial charge in [-0.15, -0.1) is 0 Å². The minimum atomic E-state index is -0.411. The number of rotatable bonds is 3. The Labute approximate surface area is 120 Å². The molecule has 0 bridgehead atoms. The van der Waals surface area contributed by atoms with E-state index in [9.17, 15) is 9.50 Å². The van der Waals surface area contributed by atoms with E-state index >= 15 is 0 Å². The lowest BCUT2D eigenvalue weighted by molar-refractivity contribution is 0.466. The number of phenols is 1. The van der Waals surface area contributed by atoms with Crippen molar-refractivity contribution in [1.29, 1.82) is 0 Å². The molecule has 2 N–H and O–H groups in total. The van der Waals surface area contributed by atoms with E-state index in [1.165, 1.54) is 18.2 Å². The molecule has 1 aromatic heterocycles. The summed E-state index contributed by atoms with van der Waals surface area (Å²) < 4.78 is 13.1. The molecule has 0 aliphatic rings. The van der Waals surface area contributed by atoms with Crippen LogP contribution in [0.15, 0.2) is 24.3 Å². The van der Waals surface area contributed by atoms with E-state index in [0.29, 0.717) is 16.4 Å². The molecule has 0 atom stereocenters. The van der Waals surface area contributed by atoms with Crippen molar-refractivity contribution >= 4 is 28.9 Å². The lowest BCUT2D eigenvalue weighted by atomic mass is 10.2. The molecule has 19 heavy (non-hydrogen) atoms. The molecule has 0 amide bonds. The van der Waals surface area contributed by atoms with Crippen LogP contribution in [0.5, 0.6) is 5.75 Å². The molecule has 0 saturated carbocycles. The first-order valence-electron chi connectivity index (χ1n) is 5.51. The van der Waals surface area contributed by atoms with Gasteiger partial charge in [-0.2, -0.15) is 0 Å². The van der Waals surface area contributed by atoms with Crippen LogP contribution < -0.4 is 5.32 Å². The van der Waals surface area contributed by atoms with Gasteiger partial charge in [-0.05, 0) is 36.8 Å². The first-order valence-corrected chi connectivity index (χ1v) is 6.27. The second-order valence-corrected chi connectivity index (χ2v) is 4.80. The quantitative estimate of drug-likeness (QED) is 0.837. The van der Waals surface area contributed by atoms with Crippen LogP contribution in [0.25, 0.3) is 0 Å². The second-order valence-electron chi connectivity index (χ2n) is 4.05. The first-order chi connectivity index (χ1) is 8.97. The molecule has 0 aliphatic carbocycles. The van der Waals surface area contributed by atoms with Gasteiger partial charge in [0.05, 0.1) is 5.69 Å². The normalized spacial score (nSPS) is 10.5. The van der Waals surface area contributed by atoms with Crippen molar-refractivity contribution in [2.75, 3.05) is 5.32 Å². The van der Waals surface area contributed by atoms with Crippen molar-refractivity contribution in [2.45, 2.75) is 13.5 Å². The van der Waals surface area contributed by atoms with Crippen molar-refractivity contribution in [3.63, 3.8) is 0 Å². The van der Waals surface area contributed by atoms with Crippen molar-refractivity contribution < 1.29 is 9.50 Å². The van der Waals surface area contributed by atoms with E-state index in [0.717, 1.165) is 5.56 Å². The van der Waals surface area contributed by atoms with Gasteiger partial charge < -0.3 is 10.4 Å². The molecule has 0 spiro atoms. The fraction of sp³-hybridized carbons (Fsp3) is 0.154. The third kappa shape index (κ3) is 3.28. The zero-order valence-corrected chi connectivity index (χ0v) is 11.6. The predicted molar refractivity (Wildman–Crippen MR) is 74.4 cm³/mol. The largest absolute Gasteiger partial charge is 0.508 e. The minimum Gasteiger partial charge on any atom is -0.508 e. The van der Waals surface area contributed by atoms with Crippen molar-refractivity contribution in [3.8, 4) is 5.75 Å². The number of benzene rings is 1. The highest BCUT2D eigenvalue weighted by Crippen LogP contribution is 2.28. The van der Waals surface area contributed by atoms with Crippen LogP contribution >= 0.6 is 23.2 Å². The molecule has 2 aromatic rings. The van der Waals surface area contributed by atoms with Gasteiger partial charge in [-0.3, -0.25) is 0 Å². The van der Waals surface area contributed by atoms with Crippen LogP contribution in [0.1, 0.15) is 11.1 Å². The summed E-state index contributed by atoms with van der Waals surface area (Å²) in [5.74, 6) is -0.392.